The predicted octanol–water partition coefficient (Wildman–Crippen LogP) is 2.83. The van der Waals surface area contributed by atoms with E-state index >= 15 is 0 Å². The second-order valence-corrected chi connectivity index (χ2v) is 5.06. The third kappa shape index (κ3) is 3.83. The van der Waals surface area contributed by atoms with Crippen molar-refractivity contribution in [1.82, 2.24) is 4.90 Å². The van der Waals surface area contributed by atoms with Crippen molar-refractivity contribution >= 4 is 0 Å². The van der Waals surface area contributed by atoms with Gasteiger partial charge in [-0.1, -0.05) is 42.5 Å². The van der Waals surface area contributed by atoms with Gasteiger partial charge >= 0.3 is 0 Å². The van der Waals surface area contributed by atoms with Crippen molar-refractivity contribution in [3.05, 3.63) is 65.7 Å². The summed E-state index contributed by atoms with van der Waals surface area (Å²) in [7, 11) is 4.08. The second-order valence-electron chi connectivity index (χ2n) is 5.06. The van der Waals surface area contributed by atoms with Crippen LogP contribution in [-0.4, -0.2) is 25.5 Å². The number of rotatable bonds is 6. The molecule has 0 aliphatic carbocycles. The highest BCUT2D eigenvalue weighted by Gasteiger charge is 2.11. The van der Waals surface area contributed by atoms with Gasteiger partial charge in [-0.25, -0.2) is 0 Å². The first-order valence-electron chi connectivity index (χ1n) is 6.84. The Morgan fingerprint density at radius 2 is 1.65 bits per heavy atom. The Morgan fingerprint density at radius 1 is 1.00 bits per heavy atom. The van der Waals surface area contributed by atoms with E-state index in [0.29, 0.717) is 13.2 Å². The molecule has 0 heterocycles. The van der Waals surface area contributed by atoms with Crippen LogP contribution in [0, 0.1) is 0 Å². The van der Waals surface area contributed by atoms with Gasteiger partial charge in [0.15, 0.2) is 0 Å². The largest absolute Gasteiger partial charge is 0.489 e. The number of nitrogens with two attached hydrogens (primary N) is 1. The molecule has 0 saturated carbocycles. The summed E-state index contributed by atoms with van der Waals surface area (Å²) in [5.41, 5.74) is 8.19. The van der Waals surface area contributed by atoms with Crippen LogP contribution in [0.4, 0.5) is 0 Å². The molecule has 2 N–H and O–H groups in total. The lowest BCUT2D eigenvalue weighted by atomic mass is 10.1. The summed E-state index contributed by atoms with van der Waals surface area (Å²) >= 11 is 0. The standard InChI is InChI=1S/C17H22N2O/c1-19(2)17(12-18)15-8-10-16(11-9-15)20-13-14-6-4-3-5-7-14/h3-11,17H,12-13,18H2,1-2H3. The van der Waals surface area contributed by atoms with E-state index in [4.69, 9.17) is 10.5 Å². The Morgan fingerprint density at radius 3 is 2.20 bits per heavy atom. The monoisotopic (exact) mass is 270 g/mol. The maximum Gasteiger partial charge on any atom is 0.119 e. The molecule has 0 aliphatic rings. The van der Waals surface area contributed by atoms with Gasteiger partial charge in [-0.3, -0.25) is 0 Å². The number of benzene rings is 2. The molecule has 0 fully saturated rings. The molecular weight excluding hydrogens is 248 g/mol. The predicted molar refractivity (Wildman–Crippen MR) is 82.7 cm³/mol. The number of likely N-dealkylation sites (N-methyl/N-ethyl adjacent to an activating group) is 1. The van der Waals surface area contributed by atoms with E-state index in [9.17, 15) is 0 Å². The zero-order valence-electron chi connectivity index (χ0n) is 12.1. The van der Waals surface area contributed by atoms with Crippen molar-refractivity contribution in [3.63, 3.8) is 0 Å². The highest BCUT2D eigenvalue weighted by Crippen LogP contribution is 2.21. The molecule has 0 amide bonds. The van der Waals surface area contributed by atoms with E-state index in [1.54, 1.807) is 0 Å². The SMILES string of the molecule is CN(C)C(CN)c1ccc(OCc2ccccc2)cc1. The first-order chi connectivity index (χ1) is 9.70. The minimum absolute atomic E-state index is 0.248. The highest BCUT2D eigenvalue weighted by atomic mass is 16.5. The van der Waals surface area contributed by atoms with Crippen molar-refractivity contribution in [2.75, 3.05) is 20.6 Å². The van der Waals surface area contributed by atoms with Crippen LogP contribution in [0.15, 0.2) is 54.6 Å². The summed E-state index contributed by atoms with van der Waals surface area (Å²) in [5.74, 6) is 0.882. The maximum atomic E-state index is 5.81. The molecule has 0 saturated heterocycles. The number of hydrogen-bond acceptors (Lipinski definition) is 3. The Kier molecular flexibility index (Phi) is 5.16. The van der Waals surface area contributed by atoms with E-state index in [-0.39, 0.29) is 6.04 Å². The Bertz CT molecular complexity index is 508. The van der Waals surface area contributed by atoms with Crippen LogP contribution >= 0.6 is 0 Å². The average Bonchev–Trinajstić information content (AvgIpc) is 2.48. The van der Waals surface area contributed by atoms with Gasteiger partial charge in [0, 0.05) is 12.6 Å². The summed E-state index contributed by atoms with van der Waals surface area (Å²) < 4.78 is 5.78. The number of nitrogens with zero attached hydrogens (tertiary/aromatic N) is 1. The molecule has 0 aromatic heterocycles. The molecule has 106 valence electrons. The molecule has 1 unspecified atom stereocenters. The van der Waals surface area contributed by atoms with E-state index in [1.807, 2.05) is 44.4 Å². The van der Waals surface area contributed by atoms with Crippen LogP contribution in [0.25, 0.3) is 0 Å². The molecular formula is C17H22N2O. The van der Waals surface area contributed by atoms with Gasteiger partial charge < -0.3 is 15.4 Å². The molecule has 1 atom stereocenters. The lowest BCUT2D eigenvalue weighted by Gasteiger charge is -2.23. The van der Waals surface area contributed by atoms with Crippen molar-refractivity contribution in [3.8, 4) is 5.75 Å². The fraction of sp³-hybridized carbons (Fsp3) is 0.294. The smallest absolute Gasteiger partial charge is 0.119 e. The Hall–Kier alpha value is -1.84. The van der Waals surface area contributed by atoms with Crippen LogP contribution in [0.1, 0.15) is 17.2 Å². The van der Waals surface area contributed by atoms with Crippen molar-refractivity contribution < 1.29 is 4.74 Å². The summed E-state index contributed by atoms with van der Waals surface area (Å²) in [4.78, 5) is 2.12. The molecule has 3 nitrogen and oxygen atoms in total. The molecule has 2 aromatic rings. The fourth-order valence-electron chi connectivity index (χ4n) is 2.17. The summed E-state index contributed by atoms with van der Waals surface area (Å²) in [6, 6.07) is 18.6. The van der Waals surface area contributed by atoms with Crippen LogP contribution in [0.5, 0.6) is 5.75 Å². The van der Waals surface area contributed by atoms with Crippen LogP contribution in [0.3, 0.4) is 0 Å². The van der Waals surface area contributed by atoms with E-state index in [1.165, 1.54) is 11.1 Å². The normalized spacial score (nSPS) is 12.4. The quantitative estimate of drug-likeness (QED) is 0.877. The molecule has 20 heavy (non-hydrogen) atoms. The topological polar surface area (TPSA) is 38.5 Å². The van der Waals surface area contributed by atoms with Gasteiger partial charge in [-0.05, 0) is 37.4 Å². The van der Waals surface area contributed by atoms with Gasteiger partial charge in [0.1, 0.15) is 12.4 Å². The highest BCUT2D eigenvalue weighted by molar-refractivity contribution is 5.29. The fourth-order valence-corrected chi connectivity index (χ4v) is 2.17. The molecule has 0 bridgehead atoms. The van der Waals surface area contributed by atoms with Gasteiger partial charge in [0.2, 0.25) is 0 Å². The Balaban J connectivity index is 1.98. The van der Waals surface area contributed by atoms with Crippen molar-refractivity contribution in [1.29, 1.82) is 0 Å². The average molecular weight is 270 g/mol. The van der Waals surface area contributed by atoms with Crippen molar-refractivity contribution in [2.45, 2.75) is 12.6 Å². The molecule has 0 radical (unpaired) electrons. The van der Waals surface area contributed by atoms with Crippen LogP contribution in [0.2, 0.25) is 0 Å². The van der Waals surface area contributed by atoms with Crippen LogP contribution < -0.4 is 10.5 Å². The maximum absolute atomic E-state index is 5.81. The zero-order chi connectivity index (χ0) is 14.4. The third-order valence-corrected chi connectivity index (χ3v) is 3.36. The molecule has 2 aromatic carbocycles. The molecule has 0 spiro atoms. The summed E-state index contributed by atoms with van der Waals surface area (Å²) in [6.45, 7) is 1.20. The third-order valence-electron chi connectivity index (χ3n) is 3.36. The minimum Gasteiger partial charge on any atom is -0.489 e. The van der Waals surface area contributed by atoms with Gasteiger partial charge in [0.05, 0.1) is 0 Å². The number of hydrogen-bond donors (Lipinski definition) is 1. The van der Waals surface area contributed by atoms with Crippen LogP contribution in [-0.2, 0) is 6.61 Å². The zero-order valence-corrected chi connectivity index (χ0v) is 12.1. The summed E-state index contributed by atoms with van der Waals surface area (Å²) in [5, 5.41) is 0. The van der Waals surface area contributed by atoms with E-state index in [0.717, 1.165) is 5.75 Å². The Labute approximate surface area is 121 Å². The first kappa shape index (κ1) is 14.6. The number of ether oxygens (including phenoxy) is 1. The van der Waals surface area contributed by atoms with E-state index < -0.39 is 0 Å². The van der Waals surface area contributed by atoms with E-state index in [2.05, 4.69) is 29.2 Å². The van der Waals surface area contributed by atoms with Crippen molar-refractivity contribution in [2.24, 2.45) is 5.73 Å². The minimum atomic E-state index is 0.248. The van der Waals surface area contributed by atoms with Gasteiger partial charge in [-0.15, -0.1) is 0 Å². The first-order valence-corrected chi connectivity index (χ1v) is 6.84. The molecule has 3 heteroatoms. The van der Waals surface area contributed by atoms with Gasteiger partial charge in [-0.2, -0.15) is 0 Å². The summed E-state index contributed by atoms with van der Waals surface area (Å²) in [6.07, 6.45) is 0. The molecule has 0 aliphatic heterocycles. The van der Waals surface area contributed by atoms with Gasteiger partial charge in [0.25, 0.3) is 0 Å². The lowest BCUT2D eigenvalue weighted by molar-refractivity contribution is 0.300. The molecule has 2 rings (SSSR count). The lowest BCUT2D eigenvalue weighted by Crippen LogP contribution is -2.27. The second kappa shape index (κ2) is 7.08.